The Bertz CT molecular complexity index is 545. The van der Waals surface area contributed by atoms with Gasteiger partial charge in [0.2, 0.25) is 5.91 Å². The van der Waals surface area contributed by atoms with Crippen molar-refractivity contribution in [2.75, 3.05) is 29.9 Å². The Morgan fingerprint density at radius 3 is 2.67 bits per heavy atom. The lowest BCUT2D eigenvalue weighted by molar-refractivity contribution is -0.125. The second-order valence-electron chi connectivity index (χ2n) is 5.92. The lowest BCUT2D eigenvalue weighted by Crippen LogP contribution is -2.37. The Hall–Kier alpha value is -1.85. The van der Waals surface area contributed by atoms with Gasteiger partial charge >= 0.3 is 0 Å². The molecule has 1 aliphatic rings. The maximum Gasteiger partial charge on any atom is 0.225 e. The van der Waals surface area contributed by atoms with Crippen LogP contribution in [0.15, 0.2) is 0 Å². The first kappa shape index (κ1) is 15.5. The van der Waals surface area contributed by atoms with Crippen LogP contribution in [0.25, 0.3) is 0 Å². The van der Waals surface area contributed by atoms with Gasteiger partial charge < -0.3 is 16.0 Å². The summed E-state index contributed by atoms with van der Waals surface area (Å²) < 4.78 is 0. The number of aryl methyl sites for hydroxylation is 1. The molecule has 6 heteroatoms. The van der Waals surface area contributed by atoms with Crippen LogP contribution in [0.3, 0.4) is 0 Å². The van der Waals surface area contributed by atoms with Crippen molar-refractivity contribution in [3.05, 3.63) is 11.4 Å². The van der Waals surface area contributed by atoms with E-state index in [1.807, 2.05) is 27.7 Å². The number of aromatic nitrogens is 2. The Morgan fingerprint density at radius 2 is 2.14 bits per heavy atom. The maximum atomic E-state index is 11.6. The quantitative estimate of drug-likeness (QED) is 0.858. The van der Waals surface area contributed by atoms with Gasteiger partial charge in [0.25, 0.3) is 0 Å². The number of carbonyl (C=O) groups is 1. The van der Waals surface area contributed by atoms with E-state index in [9.17, 15) is 4.79 Å². The summed E-state index contributed by atoms with van der Waals surface area (Å²) in [5.74, 6) is 2.38. The second-order valence-corrected chi connectivity index (χ2v) is 5.92. The molecule has 6 nitrogen and oxygen atoms in total. The predicted octanol–water partition coefficient (Wildman–Crippen LogP) is 1.48. The minimum Gasteiger partial charge on any atom is -0.370 e. The Balaban J connectivity index is 2.36. The molecule has 0 spiro atoms. The third-order valence-electron chi connectivity index (χ3n) is 4.19. The topological polar surface area (TPSA) is 84.1 Å². The van der Waals surface area contributed by atoms with Crippen molar-refractivity contribution in [3.63, 3.8) is 0 Å². The fourth-order valence-electron chi connectivity index (χ4n) is 2.70. The first-order valence-corrected chi connectivity index (χ1v) is 7.57. The number of anilines is 2. The van der Waals surface area contributed by atoms with Crippen molar-refractivity contribution in [1.29, 1.82) is 0 Å². The van der Waals surface area contributed by atoms with Gasteiger partial charge in [0.15, 0.2) is 0 Å². The highest BCUT2D eigenvalue weighted by Gasteiger charge is 2.40. The monoisotopic (exact) mass is 291 g/mol. The molecule has 1 fully saturated rings. The molecule has 0 aromatic carbocycles. The zero-order chi connectivity index (χ0) is 15.6. The molecule has 0 saturated carbocycles. The highest BCUT2D eigenvalue weighted by Crippen LogP contribution is 2.34. The van der Waals surface area contributed by atoms with Crippen molar-refractivity contribution in [3.8, 4) is 0 Å². The van der Waals surface area contributed by atoms with Crippen molar-refractivity contribution < 1.29 is 4.79 Å². The highest BCUT2D eigenvalue weighted by molar-refractivity contribution is 5.82. The zero-order valence-electron chi connectivity index (χ0n) is 13.4. The minimum absolute atomic E-state index is 0.237. The normalized spacial score (nSPS) is 21.6. The zero-order valence-corrected chi connectivity index (χ0v) is 13.4. The van der Waals surface area contributed by atoms with Gasteiger partial charge in [-0.05, 0) is 27.2 Å². The average molecular weight is 291 g/mol. The third-order valence-corrected chi connectivity index (χ3v) is 4.19. The van der Waals surface area contributed by atoms with E-state index >= 15 is 0 Å². The van der Waals surface area contributed by atoms with E-state index in [2.05, 4.69) is 20.2 Å². The van der Waals surface area contributed by atoms with Crippen LogP contribution in [0.5, 0.6) is 0 Å². The second kappa shape index (κ2) is 5.87. The fourth-order valence-corrected chi connectivity index (χ4v) is 2.70. The van der Waals surface area contributed by atoms with Crippen LogP contribution in [0, 0.1) is 12.3 Å². The smallest absolute Gasteiger partial charge is 0.225 e. The fraction of sp³-hybridized carbons (Fsp3) is 0.667. The van der Waals surface area contributed by atoms with Crippen LogP contribution in [-0.4, -0.2) is 35.5 Å². The first-order valence-electron chi connectivity index (χ1n) is 7.57. The molecule has 0 aliphatic carbocycles. The summed E-state index contributed by atoms with van der Waals surface area (Å²) in [6, 6.07) is 0. The van der Waals surface area contributed by atoms with E-state index < -0.39 is 5.41 Å². The molecular formula is C15H25N5O. The van der Waals surface area contributed by atoms with Gasteiger partial charge in [-0.25, -0.2) is 9.97 Å². The molecule has 0 bridgehead atoms. The largest absolute Gasteiger partial charge is 0.370 e. The summed E-state index contributed by atoms with van der Waals surface area (Å²) in [4.78, 5) is 23.0. The molecule has 1 atom stereocenters. The van der Waals surface area contributed by atoms with Gasteiger partial charge in [-0.1, -0.05) is 6.92 Å². The van der Waals surface area contributed by atoms with Crippen LogP contribution in [-0.2, 0) is 11.2 Å². The average Bonchev–Trinajstić information content (AvgIpc) is 2.85. The Labute approximate surface area is 126 Å². The molecule has 3 N–H and O–H groups in total. The lowest BCUT2D eigenvalue weighted by Gasteiger charge is -2.24. The van der Waals surface area contributed by atoms with Crippen molar-refractivity contribution >= 4 is 17.5 Å². The SMILES string of the molecule is CCNc1nc(CC)nc(N2CCC(C)(C(N)=O)C2)c1C. The molecule has 0 radical (unpaired) electrons. The van der Waals surface area contributed by atoms with Crippen LogP contribution in [0.2, 0.25) is 0 Å². The van der Waals surface area contributed by atoms with E-state index in [0.717, 1.165) is 49.0 Å². The summed E-state index contributed by atoms with van der Waals surface area (Å²) in [7, 11) is 0. The number of amides is 1. The van der Waals surface area contributed by atoms with E-state index in [1.165, 1.54) is 0 Å². The summed E-state index contributed by atoms with van der Waals surface area (Å²) in [6.07, 6.45) is 1.55. The van der Waals surface area contributed by atoms with E-state index in [4.69, 9.17) is 5.73 Å². The molecule has 1 unspecified atom stereocenters. The summed E-state index contributed by atoms with van der Waals surface area (Å²) in [5.41, 5.74) is 6.09. The number of nitrogens with two attached hydrogens (primary N) is 1. The van der Waals surface area contributed by atoms with Crippen LogP contribution >= 0.6 is 0 Å². The number of carbonyl (C=O) groups excluding carboxylic acids is 1. The number of nitrogens with one attached hydrogen (secondary N) is 1. The standard InChI is InChI=1S/C15H25N5O/c1-5-11-18-12(17-6-2)10(3)13(19-11)20-8-7-15(4,9-20)14(16)21/h5-9H2,1-4H3,(H2,16,21)(H,17,18,19). The minimum atomic E-state index is -0.470. The van der Waals surface area contributed by atoms with E-state index in [1.54, 1.807) is 0 Å². The molecule has 1 amide bonds. The van der Waals surface area contributed by atoms with Gasteiger partial charge in [-0.15, -0.1) is 0 Å². The molecule has 2 rings (SSSR count). The van der Waals surface area contributed by atoms with Gasteiger partial charge in [-0.3, -0.25) is 4.79 Å². The van der Waals surface area contributed by atoms with Crippen LogP contribution in [0.4, 0.5) is 11.6 Å². The van der Waals surface area contributed by atoms with Gasteiger partial charge in [0.1, 0.15) is 17.5 Å². The highest BCUT2D eigenvalue weighted by atomic mass is 16.1. The van der Waals surface area contributed by atoms with Crippen molar-refractivity contribution in [2.45, 2.75) is 40.5 Å². The lowest BCUT2D eigenvalue weighted by atomic mass is 9.89. The molecule has 1 saturated heterocycles. The number of primary amides is 1. The summed E-state index contributed by atoms with van der Waals surface area (Å²) in [6.45, 7) is 10.3. The Morgan fingerprint density at radius 1 is 1.43 bits per heavy atom. The number of hydrogen-bond acceptors (Lipinski definition) is 5. The Kier molecular flexibility index (Phi) is 4.34. The molecule has 1 aromatic heterocycles. The van der Waals surface area contributed by atoms with Crippen molar-refractivity contribution in [1.82, 2.24) is 9.97 Å². The molecule has 116 valence electrons. The van der Waals surface area contributed by atoms with Gasteiger partial charge in [-0.2, -0.15) is 0 Å². The predicted molar refractivity (Wildman–Crippen MR) is 84.4 cm³/mol. The van der Waals surface area contributed by atoms with Crippen molar-refractivity contribution in [2.24, 2.45) is 11.1 Å². The van der Waals surface area contributed by atoms with Gasteiger partial charge in [0.05, 0.1) is 5.41 Å². The summed E-state index contributed by atoms with van der Waals surface area (Å²) in [5, 5.41) is 3.29. The van der Waals surface area contributed by atoms with Gasteiger partial charge in [0, 0.05) is 31.6 Å². The molecular weight excluding hydrogens is 266 g/mol. The number of rotatable bonds is 5. The summed E-state index contributed by atoms with van der Waals surface area (Å²) >= 11 is 0. The molecule has 2 heterocycles. The van der Waals surface area contributed by atoms with E-state index in [0.29, 0.717) is 6.54 Å². The number of hydrogen-bond donors (Lipinski definition) is 2. The molecule has 1 aromatic rings. The molecule has 1 aliphatic heterocycles. The third kappa shape index (κ3) is 2.94. The van der Waals surface area contributed by atoms with Crippen LogP contribution in [0.1, 0.15) is 38.6 Å². The van der Waals surface area contributed by atoms with Crippen LogP contribution < -0.4 is 16.0 Å². The van der Waals surface area contributed by atoms with E-state index in [-0.39, 0.29) is 5.91 Å². The molecule has 21 heavy (non-hydrogen) atoms. The first-order chi connectivity index (χ1) is 9.91. The number of nitrogens with zero attached hydrogens (tertiary/aromatic N) is 3. The maximum absolute atomic E-state index is 11.6.